The van der Waals surface area contributed by atoms with E-state index in [4.69, 9.17) is 9.47 Å². The average molecular weight is 467 g/mol. The Morgan fingerprint density at radius 2 is 2.06 bits per heavy atom. The van der Waals surface area contributed by atoms with Crippen LogP contribution >= 0.6 is 0 Å². The third kappa shape index (κ3) is 4.43. The summed E-state index contributed by atoms with van der Waals surface area (Å²) in [6, 6.07) is 10.2. The number of aromatic nitrogens is 1. The smallest absolute Gasteiger partial charge is 0.408 e. The molecule has 1 aliphatic heterocycles. The zero-order chi connectivity index (χ0) is 24.5. The van der Waals surface area contributed by atoms with Crippen molar-refractivity contribution in [2.75, 3.05) is 6.61 Å². The fourth-order valence-electron chi connectivity index (χ4n) is 5.53. The van der Waals surface area contributed by atoms with Gasteiger partial charge in [-0.2, -0.15) is 0 Å². The second kappa shape index (κ2) is 9.57. The lowest BCUT2D eigenvalue weighted by molar-refractivity contribution is -0.146. The Labute approximate surface area is 199 Å². The van der Waals surface area contributed by atoms with E-state index in [-0.39, 0.29) is 42.2 Å². The molecule has 2 aliphatic rings. The van der Waals surface area contributed by atoms with E-state index in [0.717, 1.165) is 16.8 Å². The van der Waals surface area contributed by atoms with E-state index in [0.29, 0.717) is 6.42 Å². The van der Waals surface area contributed by atoms with Gasteiger partial charge in [0.05, 0.1) is 12.3 Å². The van der Waals surface area contributed by atoms with Gasteiger partial charge in [-0.05, 0) is 67.9 Å². The van der Waals surface area contributed by atoms with Crippen molar-refractivity contribution in [1.29, 1.82) is 0 Å². The van der Waals surface area contributed by atoms with E-state index in [9.17, 15) is 14.0 Å². The van der Waals surface area contributed by atoms with Gasteiger partial charge >= 0.3 is 12.1 Å². The minimum atomic E-state index is -1.11. The number of esters is 1. The summed E-state index contributed by atoms with van der Waals surface area (Å²) < 4.78 is 24.3. The molecule has 34 heavy (non-hydrogen) atoms. The normalized spacial score (nSPS) is 30.6. The van der Waals surface area contributed by atoms with Gasteiger partial charge in [0.2, 0.25) is 0 Å². The standard InChI is InChI=1S/C27H31FN2O4/c1-5-33-26(32)30-27-14-16(2)17(3)23(24(27)18(4)34-25(27)31)12-11-22-10-9-20(15-29-22)19-7-6-8-21(28)13-19/h6-13,15-18,23-24H,5,14H2,1-4H3,(H,30,32)/b12-11+/t16?,17?,18-,23?,24+,27+/m1/s1. The first-order valence-electron chi connectivity index (χ1n) is 11.8. The molecular weight excluding hydrogens is 435 g/mol. The monoisotopic (exact) mass is 466 g/mol. The van der Waals surface area contributed by atoms with Crippen molar-refractivity contribution in [2.24, 2.45) is 23.7 Å². The van der Waals surface area contributed by atoms with Crippen LogP contribution in [0.4, 0.5) is 9.18 Å². The van der Waals surface area contributed by atoms with Gasteiger partial charge in [0.25, 0.3) is 0 Å². The lowest BCUT2D eigenvalue weighted by atomic mass is 9.58. The van der Waals surface area contributed by atoms with Gasteiger partial charge in [-0.3, -0.25) is 4.98 Å². The van der Waals surface area contributed by atoms with Crippen molar-refractivity contribution in [1.82, 2.24) is 10.3 Å². The molecule has 1 aromatic heterocycles. The quantitative estimate of drug-likeness (QED) is 0.610. The summed E-state index contributed by atoms with van der Waals surface area (Å²) >= 11 is 0. The van der Waals surface area contributed by atoms with Crippen molar-refractivity contribution < 1.29 is 23.5 Å². The number of nitrogens with one attached hydrogen (secondary N) is 1. The Hall–Kier alpha value is -3.22. The van der Waals surface area contributed by atoms with Crippen LogP contribution in [0, 0.1) is 29.5 Å². The van der Waals surface area contributed by atoms with E-state index < -0.39 is 17.6 Å². The highest BCUT2D eigenvalue weighted by atomic mass is 19.1. The lowest BCUT2D eigenvalue weighted by Crippen LogP contribution is -2.63. The Bertz CT molecular complexity index is 1090. The number of rotatable bonds is 5. The van der Waals surface area contributed by atoms with E-state index in [1.54, 1.807) is 19.2 Å². The molecule has 4 rings (SSSR count). The Kier molecular flexibility index (Phi) is 6.73. The molecule has 1 saturated carbocycles. The predicted molar refractivity (Wildman–Crippen MR) is 127 cm³/mol. The van der Waals surface area contributed by atoms with Gasteiger partial charge in [0, 0.05) is 17.7 Å². The van der Waals surface area contributed by atoms with Crippen molar-refractivity contribution in [3.05, 3.63) is 60.2 Å². The highest BCUT2D eigenvalue weighted by Crippen LogP contribution is 2.51. The molecular formula is C27H31FN2O4. The van der Waals surface area contributed by atoms with E-state index in [2.05, 4.69) is 30.2 Å². The third-order valence-corrected chi connectivity index (χ3v) is 7.33. The summed E-state index contributed by atoms with van der Waals surface area (Å²) in [5.74, 6) is -0.483. The number of pyridine rings is 1. The number of benzene rings is 1. The maximum atomic E-state index is 13.5. The summed E-state index contributed by atoms with van der Waals surface area (Å²) in [6.07, 6.45) is 5.30. The fourth-order valence-corrected chi connectivity index (χ4v) is 5.53. The zero-order valence-electron chi connectivity index (χ0n) is 20.0. The van der Waals surface area contributed by atoms with Crippen LogP contribution < -0.4 is 5.32 Å². The molecule has 180 valence electrons. The first-order chi connectivity index (χ1) is 16.2. The topological polar surface area (TPSA) is 77.5 Å². The highest BCUT2D eigenvalue weighted by Gasteiger charge is 2.63. The predicted octanol–water partition coefficient (Wildman–Crippen LogP) is 5.24. The van der Waals surface area contributed by atoms with Crippen LogP contribution in [0.25, 0.3) is 17.2 Å². The van der Waals surface area contributed by atoms with Crippen LogP contribution in [-0.4, -0.2) is 35.3 Å². The zero-order valence-corrected chi connectivity index (χ0v) is 20.0. The lowest BCUT2D eigenvalue weighted by Gasteiger charge is -2.47. The molecule has 7 heteroatoms. The van der Waals surface area contributed by atoms with Crippen molar-refractivity contribution in [3.63, 3.8) is 0 Å². The third-order valence-electron chi connectivity index (χ3n) is 7.33. The number of alkyl carbamates (subject to hydrolysis) is 1. The summed E-state index contributed by atoms with van der Waals surface area (Å²) in [5, 5.41) is 2.87. The molecule has 0 bridgehead atoms. The van der Waals surface area contributed by atoms with E-state index >= 15 is 0 Å². The van der Waals surface area contributed by atoms with Crippen LogP contribution in [0.3, 0.4) is 0 Å². The van der Waals surface area contributed by atoms with Gasteiger partial charge < -0.3 is 14.8 Å². The van der Waals surface area contributed by atoms with Gasteiger partial charge in [-0.1, -0.05) is 38.1 Å². The number of halogens is 1. The molecule has 1 saturated heterocycles. The fraction of sp³-hybridized carbons (Fsp3) is 0.444. The summed E-state index contributed by atoms with van der Waals surface area (Å²) in [7, 11) is 0. The molecule has 1 amide bonds. The first kappa shape index (κ1) is 23.9. The van der Waals surface area contributed by atoms with E-state index in [1.165, 1.54) is 12.1 Å². The molecule has 1 N–H and O–H groups in total. The Morgan fingerprint density at radius 1 is 1.26 bits per heavy atom. The molecule has 6 atom stereocenters. The van der Waals surface area contributed by atoms with Crippen LogP contribution in [0.15, 0.2) is 48.7 Å². The van der Waals surface area contributed by atoms with Gasteiger partial charge in [-0.15, -0.1) is 0 Å². The molecule has 0 spiro atoms. The van der Waals surface area contributed by atoms with Crippen LogP contribution in [-0.2, 0) is 14.3 Å². The SMILES string of the molecule is CCOC(=O)N[C@@]12CC(C)C(C)C(/C=C/c3ccc(-c4cccc(F)c4)cn3)[C@@H]1[C@@H](C)OC2=O. The molecule has 6 nitrogen and oxygen atoms in total. The molecule has 1 aliphatic carbocycles. The maximum absolute atomic E-state index is 13.5. The van der Waals surface area contributed by atoms with Gasteiger partial charge in [-0.25, -0.2) is 14.0 Å². The van der Waals surface area contributed by atoms with Crippen molar-refractivity contribution in [2.45, 2.75) is 45.8 Å². The average Bonchev–Trinajstić information content (AvgIpc) is 3.03. The van der Waals surface area contributed by atoms with Crippen LogP contribution in [0.2, 0.25) is 0 Å². The number of amides is 1. The van der Waals surface area contributed by atoms with Crippen molar-refractivity contribution >= 4 is 18.1 Å². The largest absolute Gasteiger partial charge is 0.460 e. The number of ether oxygens (including phenoxy) is 2. The molecule has 2 heterocycles. The Balaban J connectivity index is 1.61. The van der Waals surface area contributed by atoms with Gasteiger partial charge in [0.1, 0.15) is 17.5 Å². The second-order valence-corrected chi connectivity index (χ2v) is 9.41. The number of cyclic esters (lactones) is 1. The molecule has 2 aromatic rings. The van der Waals surface area contributed by atoms with E-state index in [1.807, 2.05) is 31.2 Å². The van der Waals surface area contributed by atoms with Gasteiger partial charge in [0.15, 0.2) is 0 Å². The first-order valence-corrected chi connectivity index (χ1v) is 11.8. The number of nitrogens with zero attached hydrogens (tertiary/aromatic N) is 1. The summed E-state index contributed by atoms with van der Waals surface area (Å²) in [4.78, 5) is 29.9. The highest BCUT2D eigenvalue weighted by molar-refractivity contribution is 5.88. The molecule has 1 aromatic carbocycles. The Morgan fingerprint density at radius 3 is 2.74 bits per heavy atom. The number of hydrogen-bond acceptors (Lipinski definition) is 5. The second-order valence-electron chi connectivity index (χ2n) is 9.41. The van der Waals surface area contributed by atoms with Crippen LogP contribution in [0.1, 0.15) is 39.8 Å². The van der Waals surface area contributed by atoms with Crippen molar-refractivity contribution in [3.8, 4) is 11.1 Å². The number of allylic oxidation sites excluding steroid dienone is 1. The minimum absolute atomic E-state index is 0.0168. The molecule has 3 unspecified atom stereocenters. The number of carbonyl (C=O) groups excluding carboxylic acids is 2. The summed E-state index contributed by atoms with van der Waals surface area (Å²) in [6.45, 7) is 8.10. The number of hydrogen-bond donors (Lipinski definition) is 1. The number of fused-ring (bicyclic) bond motifs is 1. The summed E-state index contributed by atoms with van der Waals surface area (Å²) in [5.41, 5.74) is 1.24. The minimum Gasteiger partial charge on any atom is -0.460 e. The molecule has 0 radical (unpaired) electrons. The number of carbonyl (C=O) groups is 2. The molecule has 2 fully saturated rings. The van der Waals surface area contributed by atoms with Crippen LogP contribution in [0.5, 0.6) is 0 Å². The maximum Gasteiger partial charge on any atom is 0.408 e.